The molecule has 0 saturated heterocycles. The lowest BCUT2D eigenvalue weighted by atomic mass is 10.3. The molecular weight excluding hydrogens is 308 g/mol. The van der Waals surface area contributed by atoms with E-state index >= 15 is 0 Å². The van der Waals surface area contributed by atoms with E-state index in [1.54, 1.807) is 29.2 Å². The number of nitrogens with two attached hydrogens (primary N) is 1. The Morgan fingerprint density at radius 3 is 2.57 bits per heavy atom. The summed E-state index contributed by atoms with van der Waals surface area (Å²) in [7, 11) is 0. The van der Waals surface area contributed by atoms with Crippen molar-refractivity contribution in [2.75, 3.05) is 18.9 Å². The Kier molecular flexibility index (Phi) is 5.47. The molecule has 2 N–H and O–H groups in total. The predicted molar refractivity (Wildman–Crippen MR) is 86.8 cm³/mol. The maximum absolute atomic E-state index is 12.2. The molecule has 21 heavy (non-hydrogen) atoms. The second-order valence-electron chi connectivity index (χ2n) is 4.47. The van der Waals surface area contributed by atoms with E-state index in [0.29, 0.717) is 24.5 Å². The van der Waals surface area contributed by atoms with E-state index in [1.807, 2.05) is 19.1 Å². The van der Waals surface area contributed by atoms with Gasteiger partial charge in [-0.25, -0.2) is 0 Å². The minimum Gasteiger partial charge on any atom is -0.484 e. The van der Waals surface area contributed by atoms with Gasteiger partial charge in [-0.05, 0) is 43.3 Å². The number of nitrogen functional groups attached to an aromatic ring is 1. The van der Waals surface area contributed by atoms with E-state index in [1.165, 1.54) is 11.3 Å². The Bertz CT molecular complexity index is 598. The third-order valence-electron chi connectivity index (χ3n) is 2.95. The Morgan fingerprint density at radius 1 is 1.29 bits per heavy atom. The normalized spacial score (nSPS) is 10.4. The summed E-state index contributed by atoms with van der Waals surface area (Å²) in [6.07, 6.45) is 0. The number of hydrogen-bond acceptors (Lipinski definition) is 4. The van der Waals surface area contributed by atoms with Crippen molar-refractivity contribution in [3.63, 3.8) is 0 Å². The highest BCUT2D eigenvalue weighted by molar-refractivity contribution is 7.16. The number of amides is 1. The lowest BCUT2D eigenvalue weighted by Crippen LogP contribution is -2.34. The summed E-state index contributed by atoms with van der Waals surface area (Å²) in [6, 6.07) is 10.8. The molecule has 0 aliphatic heterocycles. The molecule has 2 rings (SSSR count). The van der Waals surface area contributed by atoms with Crippen LogP contribution in [0.1, 0.15) is 11.8 Å². The van der Waals surface area contributed by atoms with E-state index in [4.69, 9.17) is 22.1 Å². The molecule has 0 saturated carbocycles. The fraction of sp³-hybridized carbons (Fsp3) is 0.267. The average Bonchev–Trinajstić information content (AvgIpc) is 2.89. The summed E-state index contributed by atoms with van der Waals surface area (Å²) in [6.45, 7) is 3.13. The van der Waals surface area contributed by atoms with Crippen molar-refractivity contribution < 1.29 is 9.53 Å². The molecule has 0 unspecified atom stereocenters. The molecule has 0 fully saturated rings. The third-order valence-corrected chi connectivity index (χ3v) is 4.17. The van der Waals surface area contributed by atoms with Crippen molar-refractivity contribution in [1.29, 1.82) is 0 Å². The zero-order valence-electron chi connectivity index (χ0n) is 11.7. The van der Waals surface area contributed by atoms with E-state index in [9.17, 15) is 4.79 Å². The Balaban J connectivity index is 1.89. The van der Waals surface area contributed by atoms with Gasteiger partial charge in [0.05, 0.1) is 10.9 Å². The van der Waals surface area contributed by atoms with E-state index in [-0.39, 0.29) is 12.5 Å². The number of rotatable bonds is 6. The number of halogens is 1. The van der Waals surface area contributed by atoms with Gasteiger partial charge in [0, 0.05) is 17.1 Å². The van der Waals surface area contributed by atoms with Crippen LogP contribution in [0.4, 0.5) is 5.69 Å². The van der Waals surface area contributed by atoms with E-state index in [0.717, 1.165) is 9.21 Å². The van der Waals surface area contributed by atoms with Gasteiger partial charge in [-0.15, -0.1) is 11.3 Å². The van der Waals surface area contributed by atoms with Crippen molar-refractivity contribution >= 4 is 34.5 Å². The average molecular weight is 325 g/mol. The van der Waals surface area contributed by atoms with Gasteiger partial charge in [0.2, 0.25) is 0 Å². The summed E-state index contributed by atoms with van der Waals surface area (Å²) >= 11 is 7.38. The highest BCUT2D eigenvalue weighted by Gasteiger charge is 2.14. The monoisotopic (exact) mass is 324 g/mol. The van der Waals surface area contributed by atoms with Gasteiger partial charge < -0.3 is 15.4 Å². The van der Waals surface area contributed by atoms with Gasteiger partial charge >= 0.3 is 0 Å². The summed E-state index contributed by atoms with van der Waals surface area (Å²) in [4.78, 5) is 15.0. The van der Waals surface area contributed by atoms with Crippen molar-refractivity contribution in [2.24, 2.45) is 0 Å². The van der Waals surface area contributed by atoms with E-state index < -0.39 is 0 Å². The van der Waals surface area contributed by atoms with Gasteiger partial charge in [-0.3, -0.25) is 4.79 Å². The summed E-state index contributed by atoms with van der Waals surface area (Å²) in [5, 5.41) is 0. The first-order valence-electron chi connectivity index (χ1n) is 6.59. The number of nitrogens with zero attached hydrogens (tertiary/aromatic N) is 1. The number of benzene rings is 1. The minimum absolute atomic E-state index is 0.0108. The highest BCUT2D eigenvalue weighted by Crippen LogP contribution is 2.22. The molecule has 112 valence electrons. The molecule has 1 aromatic heterocycles. The maximum Gasteiger partial charge on any atom is 0.260 e. The third kappa shape index (κ3) is 4.65. The molecule has 0 spiro atoms. The molecule has 0 radical (unpaired) electrons. The molecular formula is C15H17ClN2O2S. The van der Waals surface area contributed by atoms with Crippen LogP contribution in [-0.4, -0.2) is 24.0 Å². The standard InChI is InChI=1S/C15H17ClN2O2S/c1-2-18(9-13-7-8-14(16)21-13)15(19)10-20-12-5-3-11(17)4-6-12/h3-8H,2,9-10,17H2,1H3. The highest BCUT2D eigenvalue weighted by atomic mass is 35.5. The molecule has 4 nitrogen and oxygen atoms in total. The summed E-state index contributed by atoms with van der Waals surface area (Å²) in [5.41, 5.74) is 6.27. The van der Waals surface area contributed by atoms with Gasteiger partial charge in [-0.1, -0.05) is 11.6 Å². The largest absolute Gasteiger partial charge is 0.484 e. The number of ether oxygens (including phenoxy) is 1. The fourth-order valence-electron chi connectivity index (χ4n) is 1.80. The molecule has 1 amide bonds. The second-order valence-corrected chi connectivity index (χ2v) is 6.27. The van der Waals surface area contributed by atoms with Crippen molar-refractivity contribution in [1.82, 2.24) is 4.90 Å². The van der Waals surface area contributed by atoms with Crippen LogP contribution in [0, 0.1) is 0 Å². The first-order valence-corrected chi connectivity index (χ1v) is 7.78. The number of thiophene rings is 1. The zero-order chi connectivity index (χ0) is 15.2. The predicted octanol–water partition coefficient (Wildman–Crippen LogP) is 3.41. The Morgan fingerprint density at radius 2 is 2.00 bits per heavy atom. The lowest BCUT2D eigenvalue weighted by Gasteiger charge is -2.20. The second kappa shape index (κ2) is 7.33. The molecule has 0 aliphatic rings. The van der Waals surface area contributed by atoms with Crippen molar-refractivity contribution in [3.8, 4) is 5.75 Å². The van der Waals surface area contributed by atoms with Crippen molar-refractivity contribution in [3.05, 3.63) is 45.6 Å². The Hall–Kier alpha value is -1.72. The van der Waals surface area contributed by atoms with Gasteiger partial charge in [0.25, 0.3) is 5.91 Å². The SMILES string of the molecule is CCN(Cc1ccc(Cl)s1)C(=O)COc1ccc(N)cc1. The maximum atomic E-state index is 12.2. The number of hydrogen-bond donors (Lipinski definition) is 1. The van der Waals surface area contributed by atoms with Crippen LogP contribution < -0.4 is 10.5 Å². The van der Waals surface area contributed by atoms with Gasteiger partial charge in [0.1, 0.15) is 5.75 Å². The quantitative estimate of drug-likeness (QED) is 0.828. The van der Waals surface area contributed by atoms with Crippen LogP contribution in [0.25, 0.3) is 0 Å². The topological polar surface area (TPSA) is 55.6 Å². The number of carbonyl (C=O) groups excluding carboxylic acids is 1. The van der Waals surface area contributed by atoms with Crippen LogP contribution in [0.2, 0.25) is 4.34 Å². The van der Waals surface area contributed by atoms with Gasteiger partial charge in [0.15, 0.2) is 6.61 Å². The molecule has 0 bridgehead atoms. The molecule has 0 aliphatic carbocycles. The minimum atomic E-state index is -0.0566. The molecule has 6 heteroatoms. The summed E-state index contributed by atoms with van der Waals surface area (Å²) < 4.78 is 6.21. The van der Waals surface area contributed by atoms with Crippen LogP contribution in [0.5, 0.6) is 5.75 Å². The van der Waals surface area contributed by atoms with Crippen LogP contribution in [0.3, 0.4) is 0 Å². The molecule has 1 heterocycles. The van der Waals surface area contributed by atoms with Crippen LogP contribution in [0.15, 0.2) is 36.4 Å². The number of carbonyl (C=O) groups is 1. The van der Waals surface area contributed by atoms with Gasteiger partial charge in [-0.2, -0.15) is 0 Å². The zero-order valence-corrected chi connectivity index (χ0v) is 13.3. The smallest absolute Gasteiger partial charge is 0.260 e. The number of likely N-dealkylation sites (N-methyl/N-ethyl adjacent to an activating group) is 1. The van der Waals surface area contributed by atoms with Crippen LogP contribution in [-0.2, 0) is 11.3 Å². The molecule has 0 atom stereocenters. The number of anilines is 1. The van der Waals surface area contributed by atoms with Crippen LogP contribution >= 0.6 is 22.9 Å². The van der Waals surface area contributed by atoms with Crippen molar-refractivity contribution in [2.45, 2.75) is 13.5 Å². The fourth-order valence-corrected chi connectivity index (χ4v) is 2.90. The first kappa shape index (κ1) is 15.7. The first-order chi connectivity index (χ1) is 10.1. The Labute approximate surface area is 133 Å². The lowest BCUT2D eigenvalue weighted by molar-refractivity contribution is -0.133. The summed E-state index contributed by atoms with van der Waals surface area (Å²) in [5.74, 6) is 0.576. The molecule has 2 aromatic rings. The molecule has 1 aromatic carbocycles. The van der Waals surface area contributed by atoms with E-state index in [2.05, 4.69) is 0 Å².